The topological polar surface area (TPSA) is 0 Å². The molecule has 0 saturated heterocycles. The Balaban J connectivity index is -0.0000000359. The van der Waals surface area contributed by atoms with Crippen molar-refractivity contribution < 1.29 is 32.7 Å². The molecule has 0 nitrogen and oxygen atoms in total. The van der Waals surface area contributed by atoms with Gasteiger partial charge >= 0.3 is 0 Å². The van der Waals surface area contributed by atoms with Crippen LogP contribution in [0, 0.1) is 13.5 Å². The smallest absolute Gasteiger partial charge is 0 e. The van der Waals surface area contributed by atoms with Gasteiger partial charge in [0.2, 0.25) is 0 Å². The van der Waals surface area contributed by atoms with Crippen molar-refractivity contribution >= 4 is 0 Å². The molecule has 2 aromatic carbocycles. The summed E-state index contributed by atoms with van der Waals surface area (Å²) < 4.78 is 0. The van der Waals surface area contributed by atoms with Gasteiger partial charge in [-0.05, 0) is 0 Å². The summed E-state index contributed by atoms with van der Waals surface area (Å²) in [6, 6.07) is 24.5. The Bertz CT molecular complexity index is 181. The number of rotatable bonds is 0. The van der Waals surface area contributed by atoms with Crippen molar-refractivity contribution in [1.29, 1.82) is 0 Å². The third-order valence-corrected chi connectivity index (χ3v) is 1.27. The van der Waals surface area contributed by atoms with Gasteiger partial charge in [0, 0.05) is 32.7 Å². The van der Waals surface area contributed by atoms with Gasteiger partial charge in [0.1, 0.15) is 0 Å². The Kier molecular flexibility index (Phi) is 89.1. The van der Waals surface area contributed by atoms with Gasteiger partial charge in [-0.25, -0.2) is 0 Å². The molecule has 121 valence electrons. The normalized spacial score (nSPS) is 5.43. The van der Waals surface area contributed by atoms with Gasteiger partial charge in [-0.1, -0.05) is 85.4 Å². The van der Waals surface area contributed by atoms with E-state index in [0.29, 0.717) is 0 Å². The Labute approximate surface area is 161 Å². The summed E-state index contributed by atoms with van der Waals surface area (Å²) in [5, 5.41) is 0. The molecule has 0 aliphatic rings. The van der Waals surface area contributed by atoms with Crippen LogP contribution < -0.4 is 0 Å². The molecule has 2 aromatic rings. The second-order valence-electron chi connectivity index (χ2n) is 2.23. The molecule has 1 heteroatoms. The fraction of sp³-hybridized carbons (Fsp3) is 0.350. The van der Waals surface area contributed by atoms with Gasteiger partial charge in [-0.2, -0.15) is 36.4 Å². The summed E-state index contributed by atoms with van der Waals surface area (Å²) in [5.74, 6) is 0. The predicted molar refractivity (Wildman–Crippen MR) is 98.9 cm³/mol. The van der Waals surface area contributed by atoms with E-state index in [-0.39, 0.29) is 47.6 Å². The Morgan fingerprint density at radius 1 is 0.476 bits per heavy atom. The van der Waals surface area contributed by atoms with Crippen LogP contribution in [0.25, 0.3) is 0 Å². The minimum Gasteiger partial charge on any atom is -0.358 e. The summed E-state index contributed by atoms with van der Waals surface area (Å²) in [5.41, 5.74) is 0. The quantitative estimate of drug-likeness (QED) is 0.429. The molecule has 0 spiro atoms. The third-order valence-electron chi connectivity index (χ3n) is 1.27. The zero-order valence-electron chi connectivity index (χ0n) is 14.4. The monoisotopic (exact) mass is 365 g/mol. The van der Waals surface area contributed by atoms with E-state index in [1.807, 2.05) is 108 Å². The standard InChI is InChI=1S/C6H6.C6H5.3C2H6.CH4.CH3.Y/c2*1-2-4-6-5-3-1;3*1-2;;;/h1-6H;1-5H;3*1-2H3;1H4;1H3;/q;-1;;;;;-1;. The van der Waals surface area contributed by atoms with Gasteiger partial charge in [-0.3, -0.25) is 0 Å². The van der Waals surface area contributed by atoms with Crippen LogP contribution in [0.3, 0.4) is 0 Å². The summed E-state index contributed by atoms with van der Waals surface area (Å²) >= 11 is 0. The SMILES string of the molecule is C.CC.CC.CC.[CH3-].[Y].[c-]1ccccc1.c1ccccc1. The van der Waals surface area contributed by atoms with E-state index < -0.39 is 0 Å². The largest absolute Gasteiger partial charge is 0.358 e. The molecule has 0 bridgehead atoms. The maximum absolute atomic E-state index is 2.89. The van der Waals surface area contributed by atoms with Crippen molar-refractivity contribution in [2.75, 3.05) is 0 Å². The number of hydrogen-bond donors (Lipinski definition) is 0. The fourth-order valence-electron chi connectivity index (χ4n) is 0.727. The van der Waals surface area contributed by atoms with Crippen LogP contribution >= 0.6 is 0 Å². The Morgan fingerprint density at radius 2 is 0.667 bits per heavy atom. The second-order valence-corrected chi connectivity index (χ2v) is 2.23. The maximum atomic E-state index is 2.89. The molecule has 0 fully saturated rings. The third kappa shape index (κ3) is 45.1. The predicted octanol–water partition coefficient (Wildman–Crippen LogP) is 7.34. The van der Waals surface area contributed by atoms with Crippen molar-refractivity contribution in [1.82, 2.24) is 0 Å². The number of benzene rings is 2. The summed E-state index contributed by atoms with van der Waals surface area (Å²) in [4.78, 5) is 0. The first-order chi connectivity index (χ1) is 9.00. The van der Waals surface area contributed by atoms with Crippen LogP contribution in [-0.4, -0.2) is 0 Å². The van der Waals surface area contributed by atoms with Gasteiger partial charge in [0.15, 0.2) is 0 Å². The van der Waals surface area contributed by atoms with Crippen LogP contribution in [0.1, 0.15) is 49.0 Å². The number of hydrogen-bond acceptors (Lipinski definition) is 0. The zero-order chi connectivity index (χ0) is 14.5. The Hall–Kier alpha value is -0.456. The molecule has 0 atom stereocenters. The molecule has 0 aromatic heterocycles. The summed E-state index contributed by atoms with van der Waals surface area (Å²) in [6.07, 6.45) is 0. The van der Waals surface area contributed by atoms with Crippen LogP contribution in [0.5, 0.6) is 0 Å². The van der Waals surface area contributed by atoms with Crippen molar-refractivity contribution in [3.63, 3.8) is 0 Å². The summed E-state index contributed by atoms with van der Waals surface area (Å²) in [6.45, 7) is 12.0. The van der Waals surface area contributed by atoms with Crippen LogP contribution in [0.2, 0.25) is 0 Å². The van der Waals surface area contributed by atoms with Crippen LogP contribution in [0.15, 0.2) is 66.7 Å². The van der Waals surface area contributed by atoms with E-state index in [0.717, 1.165) is 0 Å². The van der Waals surface area contributed by atoms with Gasteiger partial charge < -0.3 is 7.43 Å². The van der Waals surface area contributed by atoms with E-state index in [1.54, 1.807) is 0 Å². The second kappa shape index (κ2) is 50.4. The first kappa shape index (κ1) is 37.1. The first-order valence-corrected chi connectivity index (χ1v) is 6.91. The zero-order valence-corrected chi connectivity index (χ0v) is 17.3. The van der Waals surface area contributed by atoms with E-state index in [1.165, 1.54) is 0 Å². The van der Waals surface area contributed by atoms with Gasteiger partial charge in [0.25, 0.3) is 0 Å². The van der Waals surface area contributed by atoms with Crippen molar-refractivity contribution in [3.8, 4) is 0 Å². The van der Waals surface area contributed by atoms with E-state index in [2.05, 4.69) is 6.07 Å². The van der Waals surface area contributed by atoms with E-state index in [4.69, 9.17) is 0 Å². The van der Waals surface area contributed by atoms with Crippen molar-refractivity contribution in [3.05, 3.63) is 80.2 Å². The molecule has 0 unspecified atom stereocenters. The van der Waals surface area contributed by atoms with Crippen LogP contribution in [0.4, 0.5) is 0 Å². The van der Waals surface area contributed by atoms with Crippen molar-refractivity contribution in [2.24, 2.45) is 0 Å². The van der Waals surface area contributed by atoms with E-state index >= 15 is 0 Å². The molecular formula is C20H36Y-2. The molecule has 0 saturated carbocycles. The minimum absolute atomic E-state index is 0. The van der Waals surface area contributed by atoms with E-state index in [9.17, 15) is 0 Å². The molecule has 0 aliphatic heterocycles. The Morgan fingerprint density at radius 3 is 0.762 bits per heavy atom. The van der Waals surface area contributed by atoms with Crippen molar-refractivity contribution in [2.45, 2.75) is 49.0 Å². The molecule has 0 aliphatic carbocycles. The molecular weight excluding hydrogens is 329 g/mol. The maximum Gasteiger partial charge on any atom is 0 e. The first-order valence-electron chi connectivity index (χ1n) is 6.91. The molecule has 0 heterocycles. The molecule has 1 radical (unpaired) electrons. The van der Waals surface area contributed by atoms with Gasteiger partial charge in [-0.15, -0.1) is 0 Å². The molecule has 0 N–H and O–H groups in total. The molecule has 0 amide bonds. The minimum atomic E-state index is 0. The summed E-state index contributed by atoms with van der Waals surface area (Å²) in [7, 11) is 0. The molecule has 21 heavy (non-hydrogen) atoms. The van der Waals surface area contributed by atoms with Gasteiger partial charge in [0.05, 0.1) is 0 Å². The molecule has 2 rings (SSSR count). The fourth-order valence-corrected chi connectivity index (χ4v) is 0.727. The van der Waals surface area contributed by atoms with Crippen LogP contribution in [-0.2, 0) is 32.7 Å². The average molecular weight is 365 g/mol. The average Bonchev–Trinajstić information content (AvgIpc) is 2.57.